The van der Waals surface area contributed by atoms with E-state index < -0.39 is 15.9 Å². The third-order valence-corrected chi connectivity index (χ3v) is 11.0. The largest absolute Gasteiger partial charge is 0.313 e. The van der Waals surface area contributed by atoms with Crippen LogP contribution in [0.3, 0.4) is 0 Å². The first-order chi connectivity index (χ1) is 20.2. The summed E-state index contributed by atoms with van der Waals surface area (Å²) in [6.07, 6.45) is 2.30. The Balaban J connectivity index is 1.28. The van der Waals surface area contributed by atoms with Gasteiger partial charge in [-0.2, -0.15) is 5.10 Å². The maximum absolute atomic E-state index is 13.8. The van der Waals surface area contributed by atoms with Crippen LogP contribution in [0.4, 0.5) is 10.7 Å². The number of carbonyl (C=O) groups is 2. The van der Waals surface area contributed by atoms with E-state index in [-0.39, 0.29) is 10.8 Å². The number of nitrogens with zero attached hydrogens (tertiary/aromatic N) is 4. The van der Waals surface area contributed by atoms with Crippen LogP contribution in [-0.2, 0) is 29.4 Å². The number of aryl methyl sites for hydroxylation is 3. The standard InChI is InChI=1S/C31H33N5O4S2/c1-4-34-17-15-25-27(19-34)41-30(28(25)31(38)36-21(3)18-20(2)33-36)32-29(37)23-11-13-24(14-12-23)42(39,40)35-16-7-9-22-8-5-6-10-26(22)35/h5-6,8,10-14,18H,4,7,9,15-17,19H2,1-3H3,(H,32,37). The van der Waals surface area contributed by atoms with Gasteiger partial charge in [0.15, 0.2) is 0 Å². The Kier molecular flexibility index (Phi) is 7.50. The van der Waals surface area contributed by atoms with Gasteiger partial charge < -0.3 is 5.32 Å². The van der Waals surface area contributed by atoms with Crippen molar-refractivity contribution in [2.45, 2.75) is 51.5 Å². The molecule has 4 aromatic rings. The van der Waals surface area contributed by atoms with Gasteiger partial charge in [0, 0.05) is 35.8 Å². The predicted molar refractivity (Wildman–Crippen MR) is 164 cm³/mol. The summed E-state index contributed by atoms with van der Waals surface area (Å²) in [6.45, 7) is 8.65. The second kappa shape index (κ2) is 11.1. The average Bonchev–Trinajstić information content (AvgIpc) is 3.53. The Morgan fingerprint density at radius 3 is 2.50 bits per heavy atom. The first-order valence-corrected chi connectivity index (χ1v) is 16.4. The van der Waals surface area contributed by atoms with E-state index >= 15 is 0 Å². The number of para-hydroxylation sites is 1. The van der Waals surface area contributed by atoms with Crippen LogP contribution in [0, 0.1) is 13.8 Å². The van der Waals surface area contributed by atoms with E-state index in [4.69, 9.17) is 0 Å². The molecular formula is C31H33N5O4S2. The molecule has 42 heavy (non-hydrogen) atoms. The Morgan fingerprint density at radius 2 is 1.79 bits per heavy atom. The molecule has 0 fully saturated rings. The van der Waals surface area contributed by atoms with Crippen LogP contribution < -0.4 is 9.62 Å². The van der Waals surface area contributed by atoms with Crippen molar-refractivity contribution in [1.82, 2.24) is 14.7 Å². The summed E-state index contributed by atoms with van der Waals surface area (Å²) in [6, 6.07) is 15.4. The number of fused-ring (bicyclic) bond motifs is 2. The van der Waals surface area contributed by atoms with Crippen molar-refractivity contribution in [2.24, 2.45) is 0 Å². The van der Waals surface area contributed by atoms with Crippen molar-refractivity contribution in [1.29, 1.82) is 0 Å². The smallest absolute Gasteiger partial charge is 0.281 e. The molecule has 0 spiro atoms. The summed E-state index contributed by atoms with van der Waals surface area (Å²) >= 11 is 1.42. The summed E-state index contributed by atoms with van der Waals surface area (Å²) in [5.41, 5.74) is 4.93. The highest BCUT2D eigenvalue weighted by molar-refractivity contribution is 7.92. The third kappa shape index (κ3) is 5.05. The van der Waals surface area contributed by atoms with E-state index in [0.29, 0.717) is 34.8 Å². The maximum atomic E-state index is 13.8. The zero-order valence-corrected chi connectivity index (χ0v) is 25.5. The van der Waals surface area contributed by atoms with E-state index in [1.807, 2.05) is 44.2 Å². The quantitative estimate of drug-likeness (QED) is 0.332. The molecule has 6 rings (SSSR count). The molecule has 0 aliphatic carbocycles. The number of benzene rings is 2. The van der Waals surface area contributed by atoms with E-state index in [9.17, 15) is 18.0 Å². The number of aromatic nitrogens is 2. The molecule has 1 amide bonds. The number of thiophene rings is 1. The van der Waals surface area contributed by atoms with Crippen molar-refractivity contribution in [3.63, 3.8) is 0 Å². The van der Waals surface area contributed by atoms with E-state index in [2.05, 4.69) is 22.2 Å². The van der Waals surface area contributed by atoms with E-state index in [1.165, 1.54) is 44.6 Å². The number of anilines is 2. The van der Waals surface area contributed by atoms with Crippen molar-refractivity contribution in [2.75, 3.05) is 29.3 Å². The van der Waals surface area contributed by atoms with Crippen molar-refractivity contribution in [3.8, 4) is 0 Å². The molecule has 0 bridgehead atoms. The third-order valence-electron chi connectivity index (χ3n) is 8.00. The molecule has 0 unspecified atom stereocenters. The highest BCUT2D eigenvalue weighted by Crippen LogP contribution is 2.38. The number of carbonyl (C=O) groups excluding carboxylic acids is 2. The second-order valence-corrected chi connectivity index (χ2v) is 13.7. The Hall–Kier alpha value is -3.80. The van der Waals surface area contributed by atoms with Crippen LogP contribution >= 0.6 is 11.3 Å². The van der Waals surface area contributed by atoms with Gasteiger partial charge in [-0.05, 0) is 87.2 Å². The molecule has 11 heteroatoms. The topological polar surface area (TPSA) is 105 Å². The summed E-state index contributed by atoms with van der Waals surface area (Å²) in [7, 11) is -3.79. The molecule has 4 heterocycles. The van der Waals surface area contributed by atoms with Gasteiger partial charge in [0.05, 0.1) is 21.8 Å². The first-order valence-electron chi connectivity index (χ1n) is 14.1. The summed E-state index contributed by atoms with van der Waals surface area (Å²) in [4.78, 5) is 30.7. The Morgan fingerprint density at radius 1 is 1.02 bits per heavy atom. The molecule has 0 radical (unpaired) electrons. The lowest BCUT2D eigenvalue weighted by Gasteiger charge is -2.30. The summed E-state index contributed by atoms with van der Waals surface area (Å²) in [5.74, 6) is -0.669. The molecule has 2 aliphatic rings. The van der Waals surface area contributed by atoms with Crippen LogP contribution in [0.5, 0.6) is 0 Å². The Labute approximate surface area is 249 Å². The van der Waals surface area contributed by atoms with E-state index in [0.717, 1.165) is 59.9 Å². The van der Waals surface area contributed by atoms with Crippen LogP contribution in [-0.4, -0.2) is 54.5 Å². The minimum atomic E-state index is -3.79. The molecular weight excluding hydrogens is 571 g/mol. The minimum absolute atomic E-state index is 0.127. The van der Waals surface area contributed by atoms with Gasteiger partial charge >= 0.3 is 0 Å². The molecule has 1 N–H and O–H groups in total. The van der Waals surface area contributed by atoms with Gasteiger partial charge in [-0.1, -0.05) is 25.1 Å². The number of nitrogens with one attached hydrogen (secondary N) is 1. The van der Waals surface area contributed by atoms with Crippen molar-refractivity contribution >= 4 is 43.9 Å². The van der Waals surface area contributed by atoms with Crippen LogP contribution in [0.1, 0.15) is 61.5 Å². The number of likely N-dealkylation sites (N-methyl/N-ethyl adjacent to an activating group) is 1. The zero-order chi connectivity index (χ0) is 29.6. The average molecular weight is 604 g/mol. The normalized spacial score (nSPS) is 15.3. The monoisotopic (exact) mass is 603 g/mol. The van der Waals surface area contributed by atoms with Gasteiger partial charge in [0.1, 0.15) is 5.00 Å². The van der Waals surface area contributed by atoms with Crippen LogP contribution in [0.2, 0.25) is 0 Å². The second-order valence-electron chi connectivity index (χ2n) is 10.8. The van der Waals surface area contributed by atoms with Crippen molar-refractivity contribution < 1.29 is 18.0 Å². The lowest BCUT2D eigenvalue weighted by atomic mass is 10.0. The van der Waals surface area contributed by atoms with Crippen LogP contribution in [0.25, 0.3) is 0 Å². The first kappa shape index (κ1) is 28.3. The molecule has 2 aromatic heterocycles. The molecule has 0 atom stereocenters. The number of amides is 1. The summed E-state index contributed by atoms with van der Waals surface area (Å²) < 4.78 is 29.9. The zero-order valence-electron chi connectivity index (χ0n) is 23.9. The maximum Gasteiger partial charge on any atom is 0.281 e. The highest BCUT2D eigenvalue weighted by atomic mass is 32.2. The van der Waals surface area contributed by atoms with Gasteiger partial charge in [-0.3, -0.25) is 18.8 Å². The highest BCUT2D eigenvalue weighted by Gasteiger charge is 2.31. The van der Waals surface area contributed by atoms with Gasteiger partial charge in [-0.15, -0.1) is 11.3 Å². The molecule has 0 saturated carbocycles. The fourth-order valence-corrected chi connectivity index (χ4v) is 8.63. The van der Waals surface area contributed by atoms with Gasteiger partial charge in [0.2, 0.25) is 0 Å². The molecule has 0 saturated heterocycles. The van der Waals surface area contributed by atoms with E-state index in [1.54, 1.807) is 0 Å². The number of sulfonamides is 1. The summed E-state index contributed by atoms with van der Waals surface area (Å²) in [5, 5.41) is 7.85. The number of rotatable bonds is 6. The molecule has 9 nitrogen and oxygen atoms in total. The van der Waals surface area contributed by atoms with Gasteiger partial charge in [-0.25, -0.2) is 13.1 Å². The lowest BCUT2D eigenvalue weighted by molar-refractivity contribution is 0.0942. The van der Waals surface area contributed by atoms with Crippen molar-refractivity contribution in [3.05, 3.63) is 93.1 Å². The Bertz CT molecular complexity index is 1790. The molecule has 2 aromatic carbocycles. The fraction of sp³-hybridized carbons (Fsp3) is 0.323. The number of hydrogen-bond donors (Lipinski definition) is 1. The lowest BCUT2D eigenvalue weighted by Crippen LogP contribution is -2.35. The minimum Gasteiger partial charge on any atom is -0.313 e. The SMILES string of the molecule is CCN1CCc2c(sc(NC(=O)c3ccc(S(=O)(=O)N4CCCc5ccccc54)cc3)c2C(=O)n2nc(C)cc2C)C1. The predicted octanol–water partition coefficient (Wildman–Crippen LogP) is 5.02. The molecule has 2 aliphatic heterocycles. The van der Waals surface area contributed by atoms with Gasteiger partial charge in [0.25, 0.3) is 21.8 Å². The number of hydrogen-bond acceptors (Lipinski definition) is 7. The fourth-order valence-electron chi connectivity index (χ4n) is 5.81. The van der Waals surface area contributed by atoms with Crippen LogP contribution in [0.15, 0.2) is 59.5 Å². The molecule has 218 valence electrons.